The molecule has 0 atom stereocenters. The van der Waals surface area contributed by atoms with Crippen molar-refractivity contribution < 1.29 is 4.52 Å². The predicted molar refractivity (Wildman–Crippen MR) is 71.5 cm³/mol. The standard InChI is InChI=1S/C12H18N6O/c1-9-6-11(19-17-9)8-15-12(13-2)14-7-10-4-5-16-18(10)3/h4-6H,7-8H2,1-3H3,(H2,13,14,15). The van der Waals surface area contributed by atoms with Crippen LogP contribution in [0.4, 0.5) is 0 Å². The number of aromatic nitrogens is 3. The molecule has 0 fully saturated rings. The monoisotopic (exact) mass is 262 g/mol. The van der Waals surface area contributed by atoms with Crippen LogP contribution in [0.1, 0.15) is 17.1 Å². The quantitative estimate of drug-likeness (QED) is 0.622. The second kappa shape index (κ2) is 6.03. The van der Waals surface area contributed by atoms with Gasteiger partial charge < -0.3 is 15.2 Å². The smallest absolute Gasteiger partial charge is 0.191 e. The molecule has 0 amide bonds. The molecule has 0 aromatic carbocycles. The predicted octanol–water partition coefficient (Wildman–Crippen LogP) is 0.582. The highest BCUT2D eigenvalue weighted by molar-refractivity contribution is 5.79. The fourth-order valence-electron chi connectivity index (χ4n) is 1.64. The number of aliphatic imine (C=N–C) groups is 1. The molecule has 0 saturated carbocycles. The van der Waals surface area contributed by atoms with Gasteiger partial charge in [-0.15, -0.1) is 0 Å². The number of aryl methyl sites for hydroxylation is 2. The molecule has 0 aliphatic rings. The van der Waals surface area contributed by atoms with Crippen molar-refractivity contribution in [2.75, 3.05) is 7.05 Å². The number of nitrogens with one attached hydrogen (secondary N) is 2. The van der Waals surface area contributed by atoms with E-state index in [1.165, 1.54) is 0 Å². The van der Waals surface area contributed by atoms with Gasteiger partial charge in [0.15, 0.2) is 11.7 Å². The molecule has 19 heavy (non-hydrogen) atoms. The number of hydrogen-bond donors (Lipinski definition) is 2. The highest BCUT2D eigenvalue weighted by Gasteiger charge is 2.04. The topological polar surface area (TPSA) is 80.3 Å². The van der Waals surface area contributed by atoms with E-state index in [0.717, 1.165) is 17.1 Å². The Hall–Kier alpha value is -2.31. The zero-order chi connectivity index (χ0) is 13.7. The van der Waals surface area contributed by atoms with Crippen LogP contribution in [0.3, 0.4) is 0 Å². The van der Waals surface area contributed by atoms with Gasteiger partial charge in [0, 0.05) is 26.4 Å². The third-order valence-electron chi connectivity index (χ3n) is 2.69. The molecule has 7 heteroatoms. The van der Waals surface area contributed by atoms with Crippen LogP contribution in [-0.4, -0.2) is 27.9 Å². The molecule has 0 saturated heterocycles. The first-order chi connectivity index (χ1) is 9.19. The Bertz CT molecular complexity index is 556. The Balaban J connectivity index is 1.82. The highest BCUT2D eigenvalue weighted by Crippen LogP contribution is 2.01. The fraction of sp³-hybridized carbons (Fsp3) is 0.417. The lowest BCUT2D eigenvalue weighted by atomic mass is 10.4. The zero-order valence-corrected chi connectivity index (χ0v) is 11.3. The minimum Gasteiger partial charge on any atom is -0.359 e. The van der Waals surface area contributed by atoms with Gasteiger partial charge in [-0.05, 0) is 13.0 Å². The summed E-state index contributed by atoms with van der Waals surface area (Å²) in [6, 6.07) is 3.85. The third-order valence-corrected chi connectivity index (χ3v) is 2.69. The van der Waals surface area contributed by atoms with Crippen LogP contribution in [0.25, 0.3) is 0 Å². The van der Waals surface area contributed by atoms with Crippen LogP contribution in [0.15, 0.2) is 27.8 Å². The van der Waals surface area contributed by atoms with Gasteiger partial charge in [-0.25, -0.2) is 0 Å². The van der Waals surface area contributed by atoms with Gasteiger partial charge in [-0.3, -0.25) is 9.67 Å². The van der Waals surface area contributed by atoms with E-state index >= 15 is 0 Å². The van der Waals surface area contributed by atoms with Gasteiger partial charge in [0.1, 0.15) is 0 Å². The summed E-state index contributed by atoms with van der Waals surface area (Å²) in [7, 11) is 3.63. The molecule has 0 bridgehead atoms. The molecule has 7 nitrogen and oxygen atoms in total. The Morgan fingerprint density at radius 1 is 1.42 bits per heavy atom. The molecule has 0 radical (unpaired) electrons. The van der Waals surface area contributed by atoms with Crippen LogP contribution in [-0.2, 0) is 20.1 Å². The van der Waals surface area contributed by atoms with Gasteiger partial charge in [0.2, 0.25) is 0 Å². The third kappa shape index (κ3) is 3.57. The second-order valence-electron chi connectivity index (χ2n) is 4.16. The highest BCUT2D eigenvalue weighted by atomic mass is 16.5. The summed E-state index contributed by atoms with van der Waals surface area (Å²) in [5, 5.41) is 14.3. The van der Waals surface area contributed by atoms with E-state index in [4.69, 9.17) is 4.52 Å². The van der Waals surface area contributed by atoms with Crippen molar-refractivity contribution in [3.63, 3.8) is 0 Å². The number of rotatable bonds is 4. The van der Waals surface area contributed by atoms with E-state index in [1.807, 2.05) is 30.8 Å². The molecular formula is C12H18N6O. The van der Waals surface area contributed by atoms with Crippen molar-refractivity contribution in [1.82, 2.24) is 25.6 Å². The summed E-state index contributed by atoms with van der Waals surface area (Å²) < 4.78 is 6.94. The molecule has 2 rings (SSSR count). The minimum atomic E-state index is 0.548. The van der Waals surface area contributed by atoms with Crippen LogP contribution < -0.4 is 10.6 Å². The Labute approximate surface area is 111 Å². The summed E-state index contributed by atoms with van der Waals surface area (Å²) >= 11 is 0. The maximum absolute atomic E-state index is 5.12. The van der Waals surface area contributed by atoms with Crippen molar-refractivity contribution in [1.29, 1.82) is 0 Å². The number of nitrogens with zero attached hydrogens (tertiary/aromatic N) is 4. The average molecular weight is 262 g/mol. The first kappa shape index (κ1) is 13.1. The van der Waals surface area contributed by atoms with Crippen molar-refractivity contribution in [2.45, 2.75) is 20.0 Å². The molecule has 2 aromatic heterocycles. The molecule has 2 aromatic rings. The lowest BCUT2D eigenvalue weighted by molar-refractivity contribution is 0.376. The van der Waals surface area contributed by atoms with E-state index in [9.17, 15) is 0 Å². The van der Waals surface area contributed by atoms with Crippen LogP contribution in [0.2, 0.25) is 0 Å². The molecular weight excluding hydrogens is 244 g/mol. The normalized spacial score (nSPS) is 11.6. The maximum atomic E-state index is 5.12. The summed E-state index contributed by atoms with van der Waals surface area (Å²) in [6.45, 7) is 3.10. The summed E-state index contributed by atoms with van der Waals surface area (Å²) in [5.41, 5.74) is 1.95. The summed E-state index contributed by atoms with van der Waals surface area (Å²) in [5.74, 6) is 1.48. The SMILES string of the molecule is CN=C(NCc1cc(C)no1)NCc1ccnn1C. The Morgan fingerprint density at radius 2 is 2.21 bits per heavy atom. The van der Waals surface area contributed by atoms with Gasteiger partial charge in [0.25, 0.3) is 0 Å². The fourth-order valence-corrected chi connectivity index (χ4v) is 1.64. The summed E-state index contributed by atoms with van der Waals surface area (Å²) in [4.78, 5) is 4.14. The Kier molecular flexibility index (Phi) is 4.17. The van der Waals surface area contributed by atoms with Crippen LogP contribution >= 0.6 is 0 Å². The molecule has 2 heterocycles. The van der Waals surface area contributed by atoms with Gasteiger partial charge >= 0.3 is 0 Å². The van der Waals surface area contributed by atoms with E-state index < -0.39 is 0 Å². The maximum Gasteiger partial charge on any atom is 0.191 e. The minimum absolute atomic E-state index is 0.548. The van der Waals surface area contributed by atoms with Crippen molar-refractivity contribution in [2.24, 2.45) is 12.0 Å². The van der Waals surface area contributed by atoms with Crippen molar-refractivity contribution in [3.05, 3.63) is 35.5 Å². The van der Waals surface area contributed by atoms with E-state index in [2.05, 4.69) is 25.9 Å². The van der Waals surface area contributed by atoms with Crippen LogP contribution in [0.5, 0.6) is 0 Å². The molecule has 0 unspecified atom stereocenters. The van der Waals surface area contributed by atoms with Crippen LogP contribution in [0, 0.1) is 6.92 Å². The van der Waals surface area contributed by atoms with E-state index in [-0.39, 0.29) is 0 Å². The average Bonchev–Trinajstić information content (AvgIpc) is 2.99. The second-order valence-corrected chi connectivity index (χ2v) is 4.16. The molecule has 2 N–H and O–H groups in total. The summed E-state index contributed by atoms with van der Waals surface area (Å²) in [6.07, 6.45) is 1.77. The number of hydrogen-bond acceptors (Lipinski definition) is 4. The lowest BCUT2D eigenvalue weighted by Gasteiger charge is -2.10. The largest absolute Gasteiger partial charge is 0.359 e. The van der Waals surface area contributed by atoms with E-state index in [1.54, 1.807) is 13.2 Å². The lowest BCUT2D eigenvalue weighted by Crippen LogP contribution is -2.36. The molecule has 102 valence electrons. The Morgan fingerprint density at radius 3 is 2.79 bits per heavy atom. The molecule has 0 aliphatic heterocycles. The zero-order valence-electron chi connectivity index (χ0n) is 11.3. The first-order valence-electron chi connectivity index (χ1n) is 6.02. The van der Waals surface area contributed by atoms with Crippen molar-refractivity contribution in [3.8, 4) is 0 Å². The molecule has 0 aliphatic carbocycles. The van der Waals surface area contributed by atoms with Gasteiger partial charge in [0.05, 0.1) is 24.5 Å². The number of guanidine groups is 1. The van der Waals surface area contributed by atoms with Crippen molar-refractivity contribution >= 4 is 5.96 Å². The van der Waals surface area contributed by atoms with Gasteiger partial charge in [-0.2, -0.15) is 5.10 Å². The van der Waals surface area contributed by atoms with Gasteiger partial charge in [-0.1, -0.05) is 5.16 Å². The van der Waals surface area contributed by atoms with E-state index in [0.29, 0.717) is 19.0 Å². The first-order valence-corrected chi connectivity index (χ1v) is 6.02. The molecule has 0 spiro atoms.